The van der Waals surface area contributed by atoms with Gasteiger partial charge in [0.2, 0.25) is 5.95 Å². The maximum atomic E-state index is 13.1. The van der Waals surface area contributed by atoms with E-state index in [1.807, 2.05) is 0 Å². The summed E-state index contributed by atoms with van der Waals surface area (Å²) in [5.74, 6) is 0.570. The number of hydrogen-bond acceptors (Lipinski definition) is 5. The average Bonchev–Trinajstić information content (AvgIpc) is 2.74. The molecule has 0 bridgehead atoms. The number of benzene rings is 1. The van der Waals surface area contributed by atoms with E-state index in [0.29, 0.717) is 29.9 Å². The number of amides is 1. The van der Waals surface area contributed by atoms with Gasteiger partial charge >= 0.3 is 0 Å². The minimum Gasteiger partial charge on any atom is -0.367 e. The van der Waals surface area contributed by atoms with E-state index in [-0.39, 0.29) is 11.7 Å². The lowest BCUT2D eigenvalue weighted by atomic mass is 9.95. The van der Waals surface area contributed by atoms with Crippen molar-refractivity contribution in [1.29, 1.82) is 0 Å². The van der Waals surface area contributed by atoms with Gasteiger partial charge in [-0.25, -0.2) is 9.37 Å². The summed E-state index contributed by atoms with van der Waals surface area (Å²) in [7, 11) is 0. The van der Waals surface area contributed by atoms with Gasteiger partial charge in [0, 0.05) is 25.3 Å². The van der Waals surface area contributed by atoms with Crippen molar-refractivity contribution >= 4 is 17.7 Å². The zero-order valence-corrected chi connectivity index (χ0v) is 17.0. The summed E-state index contributed by atoms with van der Waals surface area (Å²) in [4.78, 5) is 21.7. The highest BCUT2D eigenvalue weighted by atomic mass is 19.1. The Morgan fingerprint density at radius 2 is 1.93 bits per heavy atom. The number of nitrogens with zero attached hydrogens (tertiary/aromatic N) is 2. The van der Waals surface area contributed by atoms with Crippen molar-refractivity contribution in [3.63, 3.8) is 0 Å². The molecule has 0 aliphatic heterocycles. The van der Waals surface area contributed by atoms with Crippen LogP contribution in [0.5, 0.6) is 0 Å². The molecule has 0 spiro atoms. The summed E-state index contributed by atoms with van der Waals surface area (Å²) >= 11 is 0. The highest BCUT2D eigenvalue weighted by molar-refractivity contribution is 5.98. The molecule has 1 fully saturated rings. The van der Waals surface area contributed by atoms with E-state index in [1.165, 1.54) is 31.4 Å². The van der Waals surface area contributed by atoms with Gasteiger partial charge < -0.3 is 16.0 Å². The molecular weight excluding hydrogens is 369 g/mol. The van der Waals surface area contributed by atoms with E-state index < -0.39 is 0 Å². The molecule has 1 aromatic carbocycles. The standard InChI is InChI=1S/C22H30FN5O/c1-2-3-13-24-22-26-15-19(20(28-22)27-18-7-5-4-6-8-18)21(29)25-14-16-9-11-17(23)12-10-16/h9-12,15,18H,2-8,13-14H2,1H3,(H,25,29)(H2,24,26,27,28). The lowest BCUT2D eigenvalue weighted by Gasteiger charge is -2.24. The first-order valence-electron chi connectivity index (χ1n) is 10.6. The van der Waals surface area contributed by atoms with E-state index >= 15 is 0 Å². The molecule has 1 aliphatic carbocycles. The summed E-state index contributed by atoms with van der Waals surface area (Å²) in [5.41, 5.74) is 1.26. The third-order valence-corrected chi connectivity index (χ3v) is 5.16. The largest absolute Gasteiger partial charge is 0.367 e. The Balaban J connectivity index is 1.71. The molecule has 3 rings (SSSR count). The van der Waals surface area contributed by atoms with Crippen LogP contribution < -0.4 is 16.0 Å². The molecule has 3 N–H and O–H groups in total. The fraction of sp³-hybridized carbons (Fsp3) is 0.500. The van der Waals surface area contributed by atoms with Crippen molar-refractivity contribution in [2.24, 2.45) is 0 Å². The van der Waals surface area contributed by atoms with Crippen LogP contribution >= 0.6 is 0 Å². The SMILES string of the molecule is CCCCNc1ncc(C(=O)NCc2ccc(F)cc2)c(NC2CCCCC2)n1. The summed E-state index contributed by atoms with van der Waals surface area (Å²) in [6.45, 7) is 3.25. The predicted octanol–water partition coefficient (Wildman–Crippen LogP) is 4.50. The molecule has 1 heterocycles. The van der Waals surface area contributed by atoms with Gasteiger partial charge in [-0.3, -0.25) is 4.79 Å². The number of unbranched alkanes of at least 4 members (excludes halogenated alkanes) is 1. The second-order valence-electron chi connectivity index (χ2n) is 7.52. The van der Waals surface area contributed by atoms with Crippen LogP contribution in [-0.4, -0.2) is 28.5 Å². The normalized spacial score (nSPS) is 14.4. The molecule has 29 heavy (non-hydrogen) atoms. The smallest absolute Gasteiger partial charge is 0.256 e. The Hall–Kier alpha value is -2.70. The molecule has 0 unspecified atom stereocenters. The fourth-order valence-corrected chi connectivity index (χ4v) is 3.44. The third kappa shape index (κ3) is 6.41. The molecule has 0 atom stereocenters. The zero-order valence-electron chi connectivity index (χ0n) is 17.0. The first-order chi connectivity index (χ1) is 14.2. The summed E-state index contributed by atoms with van der Waals surface area (Å²) in [6.07, 6.45) is 9.51. The maximum absolute atomic E-state index is 13.1. The number of carbonyl (C=O) groups excluding carboxylic acids is 1. The summed E-state index contributed by atoms with van der Waals surface area (Å²) in [6, 6.07) is 6.42. The van der Waals surface area contributed by atoms with Crippen LogP contribution in [0, 0.1) is 5.82 Å². The predicted molar refractivity (Wildman–Crippen MR) is 113 cm³/mol. The second-order valence-corrected chi connectivity index (χ2v) is 7.52. The number of halogens is 1. The van der Waals surface area contributed by atoms with Gasteiger partial charge in [0.05, 0.1) is 0 Å². The molecule has 7 heteroatoms. The number of rotatable bonds is 9. The molecule has 156 valence electrons. The van der Waals surface area contributed by atoms with Crippen molar-refractivity contribution in [3.8, 4) is 0 Å². The van der Waals surface area contributed by atoms with Gasteiger partial charge in [-0.2, -0.15) is 4.98 Å². The molecule has 1 amide bonds. The van der Waals surface area contributed by atoms with Gasteiger partial charge in [0.25, 0.3) is 5.91 Å². The minimum absolute atomic E-state index is 0.243. The lowest BCUT2D eigenvalue weighted by Crippen LogP contribution is -2.28. The molecule has 1 saturated carbocycles. The Kier molecular flexibility index (Phi) is 7.78. The van der Waals surface area contributed by atoms with E-state index in [4.69, 9.17) is 0 Å². The van der Waals surface area contributed by atoms with Crippen LogP contribution in [0.3, 0.4) is 0 Å². The molecular formula is C22H30FN5O. The van der Waals surface area contributed by atoms with Gasteiger partial charge in [0.1, 0.15) is 17.2 Å². The topological polar surface area (TPSA) is 78.9 Å². The molecule has 6 nitrogen and oxygen atoms in total. The zero-order chi connectivity index (χ0) is 20.5. The van der Waals surface area contributed by atoms with Crippen LogP contribution in [0.25, 0.3) is 0 Å². The number of aromatic nitrogens is 2. The van der Waals surface area contributed by atoms with Crippen LogP contribution in [0.2, 0.25) is 0 Å². The third-order valence-electron chi connectivity index (χ3n) is 5.16. The highest BCUT2D eigenvalue weighted by Gasteiger charge is 2.19. The highest BCUT2D eigenvalue weighted by Crippen LogP contribution is 2.23. The van der Waals surface area contributed by atoms with Gasteiger partial charge in [-0.1, -0.05) is 44.7 Å². The lowest BCUT2D eigenvalue weighted by molar-refractivity contribution is 0.0951. The molecule has 0 saturated heterocycles. The molecule has 1 aromatic heterocycles. The molecule has 1 aliphatic rings. The van der Waals surface area contributed by atoms with Crippen molar-refractivity contribution in [3.05, 3.63) is 47.4 Å². The Morgan fingerprint density at radius 1 is 1.17 bits per heavy atom. The number of nitrogens with one attached hydrogen (secondary N) is 3. The number of anilines is 2. The Morgan fingerprint density at radius 3 is 2.66 bits per heavy atom. The monoisotopic (exact) mass is 399 g/mol. The Labute approximate surface area is 171 Å². The van der Waals surface area contributed by atoms with Crippen LogP contribution in [0.15, 0.2) is 30.5 Å². The van der Waals surface area contributed by atoms with Crippen molar-refractivity contribution in [1.82, 2.24) is 15.3 Å². The van der Waals surface area contributed by atoms with Crippen molar-refractivity contribution < 1.29 is 9.18 Å². The Bertz CT molecular complexity index is 790. The van der Waals surface area contributed by atoms with E-state index in [0.717, 1.165) is 37.8 Å². The van der Waals surface area contributed by atoms with Gasteiger partial charge in [-0.05, 0) is 37.0 Å². The first-order valence-corrected chi connectivity index (χ1v) is 10.6. The summed E-state index contributed by atoms with van der Waals surface area (Å²) < 4.78 is 13.1. The first kappa shape index (κ1) is 21.0. The number of hydrogen-bond donors (Lipinski definition) is 3. The molecule has 2 aromatic rings. The average molecular weight is 400 g/mol. The van der Waals surface area contributed by atoms with Crippen LogP contribution in [0.1, 0.15) is 67.8 Å². The maximum Gasteiger partial charge on any atom is 0.256 e. The van der Waals surface area contributed by atoms with Crippen molar-refractivity contribution in [2.45, 2.75) is 64.5 Å². The minimum atomic E-state index is -0.293. The van der Waals surface area contributed by atoms with Gasteiger partial charge in [0.15, 0.2) is 0 Å². The van der Waals surface area contributed by atoms with E-state index in [2.05, 4.69) is 32.8 Å². The van der Waals surface area contributed by atoms with Gasteiger partial charge in [-0.15, -0.1) is 0 Å². The second kappa shape index (κ2) is 10.7. The van der Waals surface area contributed by atoms with Crippen LogP contribution in [-0.2, 0) is 6.54 Å². The quantitative estimate of drug-likeness (QED) is 0.541. The van der Waals surface area contributed by atoms with Crippen LogP contribution in [0.4, 0.5) is 16.2 Å². The summed E-state index contributed by atoms with van der Waals surface area (Å²) in [5, 5.41) is 9.57. The van der Waals surface area contributed by atoms with E-state index in [9.17, 15) is 9.18 Å². The molecule has 0 radical (unpaired) electrons. The van der Waals surface area contributed by atoms with E-state index in [1.54, 1.807) is 18.3 Å². The fourth-order valence-electron chi connectivity index (χ4n) is 3.44. The number of carbonyl (C=O) groups is 1. The van der Waals surface area contributed by atoms with Crippen molar-refractivity contribution in [2.75, 3.05) is 17.2 Å².